The average Bonchev–Trinajstić information content (AvgIpc) is 3.41. The van der Waals surface area contributed by atoms with Crippen molar-refractivity contribution in [2.45, 2.75) is 6.54 Å². The SMILES string of the molecule is O=C(Nc1ccc(Cl)cc1C(=O)c1ccccc1)c1ccc(Cn2cc(Br)c([N+](=O)[O-])n2)o1. The molecule has 11 heteroatoms. The van der Waals surface area contributed by atoms with E-state index in [1.54, 1.807) is 48.5 Å². The molecule has 4 rings (SSSR count). The van der Waals surface area contributed by atoms with Crippen LogP contribution >= 0.6 is 27.5 Å². The van der Waals surface area contributed by atoms with E-state index in [0.717, 1.165) is 0 Å². The Morgan fingerprint density at radius 1 is 1.15 bits per heavy atom. The number of anilines is 1. The van der Waals surface area contributed by atoms with Crippen LogP contribution in [-0.4, -0.2) is 26.4 Å². The highest BCUT2D eigenvalue weighted by Crippen LogP contribution is 2.25. The molecule has 0 saturated carbocycles. The number of amides is 1. The lowest BCUT2D eigenvalue weighted by atomic mass is 10.0. The maximum absolute atomic E-state index is 12.9. The van der Waals surface area contributed by atoms with Crippen molar-refractivity contribution >= 4 is 50.7 Å². The van der Waals surface area contributed by atoms with Gasteiger partial charge in [-0.2, -0.15) is 4.68 Å². The van der Waals surface area contributed by atoms with Crippen molar-refractivity contribution in [3.63, 3.8) is 0 Å². The fraction of sp³-hybridized carbons (Fsp3) is 0.0455. The van der Waals surface area contributed by atoms with Gasteiger partial charge in [-0.25, -0.2) is 0 Å². The number of halogens is 2. The summed E-state index contributed by atoms with van der Waals surface area (Å²) in [5.41, 5.74) is 0.973. The van der Waals surface area contributed by atoms with E-state index in [2.05, 4.69) is 26.3 Å². The van der Waals surface area contributed by atoms with Crippen molar-refractivity contribution < 1.29 is 18.9 Å². The molecule has 4 aromatic rings. The summed E-state index contributed by atoms with van der Waals surface area (Å²) >= 11 is 9.16. The third kappa shape index (κ3) is 5.02. The molecule has 0 saturated heterocycles. The summed E-state index contributed by atoms with van der Waals surface area (Å²) < 4.78 is 7.12. The number of rotatable bonds is 7. The van der Waals surface area contributed by atoms with Gasteiger partial charge in [0, 0.05) is 16.1 Å². The van der Waals surface area contributed by atoms with E-state index in [-0.39, 0.29) is 39.6 Å². The Labute approximate surface area is 200 Å². The molecule has 0 aliphatic carbocycles. The second-order valence-corrected chi connectivity index (χ2v) is 8.15. The van der Waals surface area contributed by atoms with Crippen molar-refractivity contribution in [3.8, 4) is 0 Å². The van der Waals surface area contributed by atoms with Gasteiger partial charge in [0.2, 0.25) is 0 Å². The van der Waals surface area contributed by atoms with Crippen LogP contribution in [-0.2, 0) is 6.54 Å². The number of carbonyl (C=O) groups excluding carboxylic acids is 2. The zero-order valence-corrected chi connectivity index (χ0v) is 19.0. The van der Waals surface area contributed by atoms with Gasteiger partial charge in [-0.3, -0.25) is 9.59 Å². The summed E-state index contributed by atoms with van der Waals surface area (Å²) in [4.78, 5) is 36.0. The smallest absolute Gasteiger partial charge is 0.404 e. The van der Waals surface area contributed by atoms with Crippen molar-refractivity contribution in [3.05, 3.63) is 109 Å². The number of hydrogen-bond donors (Lipinski definition) is 1. The van der Waals surface area contributed by atoms with Gasteiger partial charge in [-0.1, -0.05) is 41.9 Å². The van der Waals surface area contributed by atoms with E-state index in [9.17, 15) is 19.7 Å². The second-order valence-electron chi connectivity index (χ2n) is 6.86. The van der Waals surface area contributed by atoms with Crippen LogP contribution < -0.4 is 5.32 Å². The van der Waals surface area contributed by atoms with Crippen molar-refractivity contribution in [2.75, 3.05) is 5.32 Å². The first kappa shape index (κ1) is 22.4. The molecular formula is C22H14BrClN4O5. The quantitative estimate of drug-likeness (QED) is 0.196. The summed E-state index contributed by atoms with van der Waals surface area (Å²) in [6.07, 6.45) is 1.44. The van der Waals surface area contributed by atoms with Crippen LogP contribution in [0.15, 0.2) is 75.8 Å². The van der Waals surface area contributed by atoms with E-state index >= 15 is 0 Å². The molecule has 0 spiro atoms. The standard InChI is InChI=1S/C22H14BrClN4O5/c23-17-12-27(26-21(17)28(31)32)11-15-7-9-19(33-15)22(30)25-18-8-6-14(24)10-16(18)20(29)13-4-2-1-3-5-13/h1-10,12H,11H2,(H,25,30). The highest BCUT2D eigenvalue weighted by atomic mass is 79.9. The van der Waals surface area contributed by atoms with Gasteiger partial charge in [0.1, 0.15) is 16.8 Å². The van der Waals surface area contributed by atoms with Crippen LogP contribution in [0.25, 0.3) is 0 Å². The molecule has 1 amide bonds. The van der Waals surface area contributed by atoms with Gasteiger partial charge in [-0.15, -0.1) is 0 Å². The van der Waals surface area contributed by atoms with Gasteiger partial charge in [0.25, 0.3) is 5.91 Å². The molecule has 166 valence electrons. The first-order valence-corrected chi connectivity index (χ1v) is 10.7. The van der Waals surface area contributed by atoms with Crippen LogP contribution in [0.4, 0.5) is 11.5 Å². The van der Waals surface area contributed by atoms with Crippen LogP contribution in [0.1, 0.15) is 32.2 Å². The molecule has 0 bridgehead atoms. The molecule has 0 aliphatic heterocycles. The first-order chi connectivity index (χ1) is 15.8. The van der Waals surface area contributed by atoms with E-state index < -0.39 is 10.8 Å². The number of benzene rings is 2. The lowest BCUT2D eigenvalue weighted by molar-refractivity contribution is -0.390. The molecule has 0 radical (unpaired) electrons. The van der Waals surface area contributed by atoms with E-state index in [0.29, 0.717) is 16.3 Å². The summed E-state index contributed by atoms with van der Waals surface area (Å²) in [6, 6.07) is 16.3. The molecule has 2 aromatic heterocycles. The van der Waals surface area contributed by atoms with E-state index in [1.165, 1.54) is 23.0 Å². The predicted molar refractivity (Wildman–Crippen MR) is 124 cm³/mol. The van der Waals surface area contributed by atoms with Crippen LogP contribution in [0.2, 0.25) is 5.02 Å². The minimum absolute atomic E-state index is 0.00113. The van der Waals surface area contributed by atoms with Gasteiger partial charge >= 0.3 is 5.82 Å². The Kier molecular flexibility index (Phi) is 6.38. The molecule has 0 fully saturated rings. The molecule has 2 aromatic carbocycles. The fourth-order valence-electron chi connectivity index (χ4n) is 3.08. The normalized spacial score (nSPS) is 10.7. The maximum atomic E-state index is 12.9. The summed E-state index contributed by atoms with van der Waals surface area (Å²) in [5.74, 6) is -0.823. The Balaban J connectivity index is 1.53. The fourth-order valence-corrected chi connectivity index (χ4v) is 3.71. The Morgan fingerprint density at radius 3 is 2.61 bits per heavy atom. The zero-order valence-electron chi connectivity index (χ0n) is 16.7. The van der Waals surface area contributed by atoms with Crippen molar-refractivity contribution in [2.24, 2.45) is 0 Å². The zero-order chi connectivity index (χ0) is 23.5. The van der Waals surface area contributed by atoms with Crippen molar-refractivity contribution in [1.29, 1.82) is 0 Å². The van der Waals surface area contributed by atoms with Gasteiger partial charge in [0.15, 0.2) is 11.5 Å². The highest BCUT2D eigenvalue weighted by molar-refractivity contribution is 9.10. The highest BCUT2D eigenvalue weighted by Gasteiger charge is 2.21. The number of nitro groups is 1. The minimum Gasteiger partial charge on any atom is -0.454 e. The Morgan fingerprint density at radius 2 is 1.91 bits per heavy atom. The lowest BCUT2D eigenvalue weighted by Gasteiger charge is -2.10. The number of nitrogens with one attached hydrogen (secondary N) is 1. The van der Waals surface area contributed by atoms with Gasteiger partial charge in [0.05, 0.1) is 17.0 Å². The molecular weight excluding hydrogens is 516 g/mol. The minimum atomic E-state index is -0.609. The van der Waals surface area contributed by atoms with Crippen LogP contribution in [0.5, 0.6) is 0 Å². The number of carbonyl (C=O) groups is 2. The lowest BCUT2D eigenvalue weighted by Crippen LogP contribution is -2.14. The van der Waals surface area contributed by atoms with Crippen molar-refractivity contribution in [1.82, 2.24) is 9.78 Å². The van der Waals surface area contributed by atoms with Gasteiger partial charge in [-0.05, 0) is 51.2 Å². The van der Waals surface area contributed by atoms with Crippen LogP contribution in [0.3, 0.4) is 0 Å². The maximum Gasteiger partial charge on any atom is 0.404 e. The second kappa shape index (κ2) is 9.39. The summed E-state index contributed by atoms with van der Waals surface area (Å²) in [6.45, 7) is 0.0818. The summed E-state index contributed by atoms with van der Waals surface area (Å²) in [5, 5.41) is 17.8. The largest absolute Gasteiger partial charge is 0.454 e. The molecule has 0 aliphatic rings. The summed E-state index contributed by atoms with van der Waals surface area (Å²) in [7, 11) is 0. The van der Waals surface area contributed by atoms with E-state index in [4.69, 9.17) is 16.0 Å². The molecule has 9 nitrogen and oxygen atoms in total. The molecule has 0 unspecified atom stereocenters. The predicted octanol–water partition coefficient (Wildman–Crippen LogP) is 5.33. The number of furan rings is 1. The number of ketones is 1. The Hall–Kier alpha value is -3.76. The Bertz CT molecular complexity index is 1370. The van der Waals surface area contributed by atoms with E-state index in [1.807, 2.05) is 0 Å². The number of aromatic nitrogens is 2. The first-order valence-electron chi connectivity index (χ1n) is 9.48. The number of nitrogens with zero attached hydrogens (tertiary/aromatic N) is 3. The average molecular weight is 530 g/mol. The molecule has 0 atom stereocenters. The monoisotopic (exact) mass is 528 g/mol. The molecule has 2 heterocycles. The molecule has 1 N–H and O–H groups in total. The van der Waals surface area contributed by atoms with Gasteiger partial charge < -0.3 is 19.8 Å². The number of hydrogen-bond acceptors (Lipinski definition) is 6. The third-order valence-electron chi connectivity index (χ3n) is 4.59. The topological polar surface area (TPSA) is 120 Å². The molecule has 33 heavy (non-hydrogen) atoms. The van der Waals surface area contributed by atoms with Crippen LogP contribution in [0, 0.1) is 10.1 Å². The third-order valence-corrected chi connectivity index (χ3v) is 5.38.